The quantitative estimate of drug-likeness (QED) is 0.533. The minimum Gasteiger partial charge on any atom is -0.382 e. The average molecular weight is 246 g/mol. The second-order valence-corrected chi connectivity index (χ2v) is 4.27. The van der Waals surface area contributed by atoms with Gasteiger partial charge in [-0.1, -0.05) is 11.8 Å². The van der Waals surface area contributed by atoms with Crippen molar-refractivity contribution in [3.05, 3.63) is 0 Å². The van der Waals surface area contributed by atoms with E-state index in [0.29, 0.717) is 19.2 Å². The van der Waals surface area contributed by atoms with Gasteiger partial charge in [0.2, 0.25) is 5.95 Å². The van der Waals surface area contributed by atoms with Crippen molar-refractivity contribution >= 4 is 17.7 Å². The number of thioether (sulfide) groups is 1. The average Bonchev–Trinajstić information content (AvgIpc) is 2.59. The van der Waals surface area contributed by atoms with E-state index in [9.17, 15) is 0 Å². The molecule has 0 saturated carbocycles. The van der Waals surface area contributed by atoms with Gasteiger partial charge in [0, 0.05) is 26.5 Å². The van der Waals surface area contributed by atoms with E-state index in [1.54, 1.807) is 23.4 Å². The molecule has 1 aromatic heterocycles. The van der Waals surface area contributed by atoms with Crippen molar-refractivity contribution in [2.24, 2.45) is 7.05 Å². The number of aromatic nitrogens is 3. The van der Waals surface area contributed by atoms with E-state index in [4.69, 9.17) is 15.2 Å². The second kappa shape index (κ2) is 7.48. The Morgan fingerprint density at radius 2 is 2.12 bits per heavy atom. The van der Waals surface area contributed by atoms with Crippen LogP contribution >= 0.6 is 11.8 Å². The molecule has 0 spiro atoms. The highest BCUT2D eigenvalue weighted by Crippen LogP contribution is 2.16. The second-order valence-electron chi connectivity index (χ2n) is 3.21. The Hall–Kier alpha value is -0.790. The molecule has 0 unspecified atom stereocenters. The number of nitrogen functional groups attached to an aromatic ring is 1. The lowest BCUT2D eigenvalue weighted by Crippen LogP contribution is -2.04. The Morgan fingerprint density at radius 1 is 1.31 bits per heavy atom. The summed E-state index contributed by atoms with van der Waals surface area (Å²) < 4.78 is 12.0. The zero-order chi connectivity index (χ0) is 11.8. The molecule has 1 heterocycles. The standard InChI is InChI=1S/C9H18N4O2S/c1-13-8(10)11-12-9(13)16-7-3-4-15-6-5-14-2/h3-7H2,1-2H3,(H2,10,11). The van der Waals surface area contributed by atoms with Crippen LogP contribution < -0.4 is 5.73 Å². The van der Waals surface area contributed by atoms with Crippen molar-refractivity contribution in [2.75, 3.05) is 38.4 Å². The Bertz CT molecular complexity index is 306. The molecule has 92 valence electrons. The summed E-state index contributed by atoms with van der Waals surface area (Å²) in [7, 11) is 3.52. The third kappa shape index (κ3) is 4.38. The number of methoxy groups -OCH3 is 1. The highest BCUT2D eigenvalue weighted by atomic mass is 32.2. The summed E-state index contributed by atoms with van der Waals surface area (Å²) in [5.74, 6) is 1.39. The van der Waals surface area contributed by atoms with E-state index in [1.807, 2.05) is 7.05 Å². The van der Waals surface area contributed by atoms with Crippen LogP contribution in [0.15, 0.2) is 5.16 Å². The van der Waals surface area contributed by atoms with Gasteiger partial charge < -0.3 is 15.2 Å². The minimum absolute atomic E-state index is 0.443. The molecule has 7 heteroatoms. The number of rotatable bonds is 8. The van der Waals surface area contributed by atoms with Crippen molar-refractivity contribution in [1.29, 1.82) is 0 Å². The van der Waals surface area contributed by atoms with Crippen molar-refractivity contribution in [1.82, 2.24) is 14.8 Å². The van der Waals surface area contributed by atoms with Gasteiger partial charge in [0.15, 0.2) is 5.16 Å². The molecule has 2 N–H and O–H groups in total. The van der Waals surface area contributed by atoms with E-state index >= 15 is 0 Å². The summed E-state index contributed by atoms with van der Waals surface area (Å²) in [5, 5.41) is 8.57. The first kappa shape index (κ1) is 13.3. The van der Waals surface area contributed by atoms with Crippen molar-refractivity contribution < 1.29 is 9.47 Å². The largest absolute Gasteiger partial charge is 0.382 e. The molecule has 0 amide bonds. The van der Waals surface area contributed by atoms with Crippen LogP contribution in [-0.2, 0) is 16.5 Å². The fraction of sp³-hybridized carbons (Fsp3) is 0.778. The van der Waals surface area contributed by atoms with Crippen molar-refractivity contribution in [3.8, 4) is 0 Å². The first-order valence-corrected chi connectivity index (χ1v) is 6.08. The Morgan fingerprint density at radius 3 is 2.75 bits per heavy atom. The van der Waals surface area contributed by atoms with E-state index in [2.05, 4.69) is 10.2 Å². The molecule has 0 atom stereocenters. The van der Waals surface area contributed by atoms with Gasteiger partial charge in [-0.3, -0.25) is 4.57 Å². The highest BCUT2D eigenvalue weighted by molar-refractivity contribution is 7.99. The molecule has 0 aromatic carbocycles. The number of anilines is 1. The first-order chi connectivity index (χ1) is 7.75. The number of nitrogens with zero attached hydrogens (tertiary/aromatic N) is 3. The zero-order valence-corrected chi connectivity index (χ0v) is 10.5. The van der Waals surface area contributed by atoms with E-state index in [1.165, 1.54) is 0 Å². The highest BCUT2D eigenvalue weighted by Gasteiger charge is 2.04. The molecule has 0 saturated heterocycles. The van der Waals surface area contributed by atoms with Gasteiger partial charge in [-0.2, -0.15) is 0 Å². The van der Waals surface area contributed by atoms with E-state index in [0.717, 1.165) is 23.9 Å². The van der Waals surface area contributed by atoms with Crippen LogP contribution in [0.5, 0.6) is 0 Å². The lowest BCUT2D eigenvalue weighted by Gasteiger charge is -2.03. The van der Waals surface area contributed by atoms with Gasteiger partial charge in [-0.15, -0.1) is 10.2 Å². The lowest BCUT2D eigenvalue weighted by molar-refractivity contribution is 0.0713. The van der Waals surface area contributed by atoms with Crippen LogP contribution in [0.4, 0.5) is 5.95 Å². The fourth-order valence-corrected chi connectivity index (χ4v) is 1.85. The molecule has 0 aliphatic rings. The smallest absolute Gasteiger partial charge is 0.222 e. The molecular formula is C9H18N4O2S. The van der Waals surface area contributed by atoms with Crippen LogP contribution in [0.1, 0.15) is 6.42 Å². The maximum atomic E-state index is 5.56. The van der Waals surface area contributed by atoms with Crippen LogP contribution in [0, 0.1) is 0 Å². The van der Waals surface area contributed by atoms with Gasteiger partial charge in [0.1, 0.15) is 0 Å². The molecule has 1 rings (SSSR count). The molecule has 6 nitrogen and oxygen atoms in total. The molecule has 0 bridgehead atoms. The Kier molecular flexibility index (Phi) is 6.20. The van der Waals surface area contributed by atoms with Crippen LogP contribution in [0.2, 0.25) is 0 Å². The molecule has 0 aliphatic carbocycles. The normalized spacial score (nSPS) is 10.9. The molecular weight excluding hydrogens is 228 g/mol. The van der Waals surface area contributed by atoms with Crippen molar-refractivity contribution in [3.63, 3.8) is 0 Å². The summed E-state index contributed by atoms with van der Waals surface area (Å²) in [5.41, 5.74) is 5.56. The van der Waals surface area contributed by atoms with E-state index in [-0.39, 0.29) is 0 Å². The summed E-state index contributed by atoms with van der Waals surface area (Å²) >= 11 is 1.63. The maximum Gasteiger partial charge on any atom is 0.222 e. The number of ether oxygens (including phenoxy) is 2. The van der Waals surface area contributed by atoms with E-state index < -0.39 is 0 Å². The molecule has 16 heavy (non-hydrogen) atoms. The van der Waals surface area contributed by atoms with Gasteiger partial charge in [-0.05, 0) is 6.42 Å². The lowest BCUT2D eigenvalue weighted by atomic mass is 10.5. The third-order valence-corrected chi connectivity index (χ3v) is 3.07. The predicted molar refractivity (Wildman–Crippen MR) is 63.5 cm³/mol. The van der Waals surface area contributed by atoms with Crippen LogP contribution in [0.25, 0.3) is 0 Å². The zero-order valence-electron chi connectivity index (χ0n) is 9.68. The third-order valence-electron chi connectivity index (χ3n) is 1.96. The minimum atomic E-state index is 0.443. The van der Waals surface area contributed by atoms with Crippen LogP contribution in [0.3, 0.4) is 0 Å². The molecule has 0 radical (unpaired) electrons. The van der Waals surface area contributed by atoms with Gasteiger partial charge in [-0.25, -0.2) is 0 Å². The number of hydrogen-bond acceptors (Lipinski definition) is 6. The monoisotopic (exact) mass is 246 g/mol. The fourth-order valence-electron chi connectivity index (χ4n) is 1.02. The van der Waals surface area contributed by atoms with Gasteiger partial charge in [0.25, 0.3) is 0 Å². The van der Waals surface area contributed by atoms with Gasteiger partial charge >= 0.3 is 0 Å². The molecule has 0 aliphatic heterocycles. The Balaban J connectivity index is 2.05. The molecule has 0 fully saturated rings. The SMILES string of the molecule is COCCOCCCSc1nnc(N)n1C. The summed E-state index contributed by atoms with van der Waals surface area (Å²) in [6, 6.07) is 0. The molecule has 1 aromatic rings. The van der Waals surface area contributed by atoms with Crippen molar-refractivity contribution in [2.45, 2.75) is 11.6 Å². The van der Waals surface area contributed by atoms with Crippen LogP contribution in [-0.4, -0.2) is 47.4 Å². The topological polar surface area (TPSA) is 75.2 Å². The summed E-state index contributed by atoms with van der Waals surface area (Å²) in [6.07, 6.45) is 0.973. The maximum absolute atomic E-state index is 5.56. The summed E-state index contributed by atoms with van der Waals surface area (Å²) in [4.78, 5) is 0. The summed E-state index contributed by atoms with van der Waals surface area (Å²) in [6.45, 7) is 2.04. The first-order valence-electron chi connectivity index (χ1n) is 5.10. The number of nitrogens with two attached hydrogens (primary N) is 1. The van der Waals surface area contributed by atoms with Gasteiger partial charge in [0.05, 0.1) is 13.2 Å². The predicted octanol–water partition coefficient (Wildman–Crippen LogP) is 0.542. The Labute approximate surface area is 99.5 Å². The number of hydrogen-bond donors (Lipinski definition) is 1.